The highest BCUT2D eigenvalue weighted by molar-refractivity contribution is 6.38. The van der Waals surface area contributed by atoms with Crippen LogP contribution in [0.5, 0.6) is 11.5 Å². The number of phenolic OH excluding ortho intramolecular Hbond substituents is 1. The van der Waals surface area contributed by atoms with Crippen LogP contribution in [0.4, 0.5) is 5.69 Å². The molecular formula is C26H20Cl2N2O3. The van der Waals surface area contributed by atoms with E-state index in [4.69, 9.17) is 27.9 Å². The lowest BCUT2D eigenvalue weighted by molar-refractivity contribution is -0.110. The van der Waals surface area contributed by atoms with Crippen LogP contribution in [0.15, 0.2) is 54.6 Å². The number of methoxy groups -OCH3 is 1. The average molecular weight is 479 g/mol. The fourth-order valence-electron chi connectivity index (χ4n) is 4.22. The number of amides is 1. The highest BCUT2D eigenvalue weighted by Crippen LogP contribution is 2.40. The molecule has 0 atom stereocenters. The number of rotatable bonds is 4. The number of benzene rings is 3. The molecule has 1 amide bonds. The minimum atomic E-state index is -0.246. The maximum Gasteiger partial charge on any atom is 0.256 e. The number of fused-ring (bicyclic) bond motifs is 2. The molecule has 1 aliphatic rings. The van der Waals surface area contributed by atoms with Crippen molar-refractivity contribution in [1.82, 2.24) is 4.57 Å². The van der Waals surface area contributed by atoms with Crippen molar-refractivity contribution >= 4 is 57.3 Å². The smallest absolute Gasteiger partial charge is 0.256 e. The molecule has 0 saturated carbocycles. The number of phenols is 1. The quantitative estimate of drug-likeness (QED) is 0.259. The molecule has 0 spiro atoms. The molecule has 7 heteroatoms. The van der Waals surface area contributed by atoms with Crippen LogP contribution in [0.25, 0.3) is 22.6 Å². The third-order valence-electron chi connectivity index (χ3n) is 5.88. The number of hydrogen-bond donors (Lipinski definition) is 2. The molecule has 5 nitrogen and oxygen atoms in total. The molecule has 1 aliphatic heterocycles. The van der Waals surface area contributed by atoms with Gasteiger partial charge in [-0.3, -0.25) is 4.79 Å². The van der Waals surface area contributed by atoms with Gasteiger partial charge in [0.1, 0.15) is 16.7 Å². The maximum absolute atomic E-state index is 12.8. The Labute approximate surface area is 200 Å². The molecule has 1 aromatic heterocycles. The van der Waals surface area contributed by atoms with E-state index in [1.165, 1.54) is 0 Å². The lowest BCUT2D eigenvalue weighted by atomic mass is 10.0. The Hall–Kier alpha value is -3.41. The summed E-state index contributed by atoms with van der Waals surface area (Å²) in [4.78, 5) is 12.8. The Kier molecular flexibility index (Phi) is 5.31. The number of halogens is 2. The monoisotopic (exact) mass is 478 g/mol. The van der Waals surface area contributed by atoms with Crippen LogP contribution in [0, 0.1) is 6.92 Å². The molecule has 166 valence electrons. The topological polar surface area (TPSA) is 63.5 Å². The van der Waals surface area contributed by atoms with E-state index in [2.05, 4.69) is 5.32 Å². The van der Waals surface area contributed by atoms with Crippen molar-refractivity contribution in [2.75, 3.05) is 12.4 Å². The first-order valence-corrected chi connectivity index (χ1v) is 11.1. The molecule has 2 heterocycles. The number of nitrogens with one attached hydrogen (secondary N) is 1. The number of hydrogen-bond acceptors (Lipinski definition) is 3. The second-order valence-electron chi connectivity index (χ2n) is 8.00. The van der Waals surface area contributed by atoms with Crippen molar-refractivity contribution in [3.8, 4) is 11.5 Å². The van der Waals surface area contributed by atoms with Gasteiger partial charge >= 0.3 is 0 Å². The van der Waals surface area contributed by atoms with Gasteiger partial charge in [0.05, 0.1) is 12.6 Å². The minimum Gasteiger partial charge on any atom is -0.508 e. The second-order valence-corrected chi connectivity index (χ2v) is 8.79. The van der Waals surface area contributed by atoms with Crippen molar-refractivity contribution in [2.24, 2.45) is 0 Å². The third-order valence-corrected chi connectivity index (χ3v) is 6.54. The van der Waals surface area contributed by atoms with Gasteiger partial charge in [-0.2, -0.15) is 0 Å². The molecule has 3 aromatic carbocycles. The van der Waals surface area contributed by atoms with Crippen LogP contribution in [-0.4, -0.2) is 22.7 Å². The van der Waals surface area contributed by atoms with E-state index in [0.717, 1.165) is 27.8 Å². The third kappa shape index (κ3) is 3.73. The van der Waals surface area contributed by atoms with Crippen molar-refractivity contribution in [1.29, 1.82) is 0 Å². The lowest BCUT2D eigenvalue weighted by Gasteiger charge is -2.09. The van der Waals surface area contributed by atoms with Gasteiger partial charge < -0.3 is 19.7 Å². The molecule has 5 rings (SSSR count). The Morgan fingerprint density at radius 3 is 2.58 bits per heavy atom. The molecule has 0 bridgehead atoms. The van der Waals surface area contributed by atoms with E-state index >= 15 is 0 Å². The molecule has 2 N–H and O–H groups in total. The van der Waals surface area contributed by atoms with Gasteiger partial charge in [-0.25, -0.2) is 0 Å². The molecule has 0 radical (unpaired) electrons. The van der Waals surface area contributed by atoms with Gasteiger partial charge in [0, 0.05) is 39.3 Å². The number of ether oxygens (including phenoxy) is 1. The molecule has 33 heavy (non-hydrogen) atoms. The number of anilines is 1. The van der Waals surface area contributed by atoms with E-state index in [0.29, 0.717) is 39.1 Å². The second kappa shape index (κ2) is 8.18. The normalized spacial score (nSPS) is 14.1. The highest BCUT2D eigenvalue weighted by atomic mass is 35.5. The number of aromatic nitrogens is 1. The summed E-state index contributed by atoms with van der Waals surface area (Å²) in [6, 6.07) is 16.4. The first-order valence-electron chi connectivity index (χ1n) is 10.3. The number of aromatic hydroxyl groups is 1. The number of aryl methyl sites for hydroxylation is 1. The molecule has 0 saturated heterocycles. The van der Waals surface area contributed by atoms with Gasteiger partial charge in [0.25, 0.3) is 5.91 Å². The van der Waals surface area contributed by atoms with Crippen LogP contribution in [0.1, 0.15) is 22.3 Å². The summed E-state index contributed by atoms with van der Waals surface area (Å²) in [6.07, 6.45) is 1.78. The van der Waals surface area contributed by atoms with Gasteiger partial charge in [-0.1, -0.05) is 35.3 Å². The largest absolute Gasteiger partial charge is 0.508 e. The lowest BCUT2D eigenvalue weighted by Crippen LogP contribution is -2.03. The summed E-state index contributed by atoms with van der Waals surface area (Å²) < 4.78 is 7.56. The summed E-state index contributed by atoms with van der Waals surface area (Å²) in [5.41, 5.74) is 5.37. The van der Waals surface area contributed by atoms with Gasteiger partial charge in [0.2, 0.25) is 0 Å². The van der Waals surface area contributed by atoms with Crippen LogP contribution < -0.4 is 10.1 Å². The van der Waals surface area contributed by atoms with Crippen molar-refractivity contribution < 1.29 is 14.6 Å². The maximum atomic E-state index is 12.8. The fourth-order valence-corrected chi connectivity index (χ4v) is 4.66. The summed E-state index contributed by atoms with van der Waals surface area (Å²) in [7, 11) is 1.63. The van der Waals surface area contributed by atoms with Crippen LogP contribution in [0.2, 0.25) is 10.2 Å². The van der Waals surface area contributed by atoms with Crippen molar-refractivity contribution in [3.05, 3.63) is 87.0 Å². The Morgan fingerprint density at radius 2 is 1.85 bits per heavy atom. The summed E-state index contributed by atoms with van der Waals surface area (Å²) in [6.45, 7) is 2.51. The predicted molar refractivity (Wildman–Crippen MR) is 133 cm³/mol. The van der Waals surface area contributed by atoms with Crippen LogP contribution >= 0.6 is 23.2 Å². The van der Waals surface area contributed by atoms with E-state index in [9.17, 15) is 9.90 Å². The Morgan fingerprint density at radius 1 is 1.09 bits per heavy atom. The molecule has 0 unspecified atom stereocenters. The number of carbonyl (C=O) groups excluding carboxylic acids is 1. The summed E-state index contributed by atoms with van der Waals surface area (Å²) in [5.74, 6) is 0.574. The fraction of sp³-hybridized carbons (Fsp3) is 0.115. The van der Waals surface area contributed by atoms with Crippen LogP contribution in [-0.2, 0) is 11.3 Å². The van der Waals surface area contributed by atoms with Crippen LogP contribution in [0.3, 0.4) is 0 Å². The summed E-state index contributed by atoms with van der Waals surface area (Å²) in [5, 5.41) is 14.8. The van der Waals surface area contributed by atoms with E-state index in [1.807, 2.05) is 47.9 Å². The van der Waals surface area contributed by atoms with Crippen molar-refractivity contribution in [3.63, 3.8) is 0 Å². The average Bonchev–Trinajstić information content (AvgIpc) is 3.23. The first kappa shape index (κ1) is 21.4. The van der Waals surface area contributed by atoms with Gasteiger partial charge in [-0.15, -0.1) is 0 Å². The SMILES string of the molecule is COc1cc2c(/C=C3/C(=O)Nc4ccc(O)cc43)c(Cl)n(Cc3ccc(Cl)cc3)c2cc1C. The molecule has 4 aromatic rings. The Bertz CT molecular complexity index is 1450. The zero-order chi connectivity index (χ0) is 23.3. The number of nitrogens with zero attached hydrogens (tertiary/aromatic N) is 1. The van der Waals surface area contributed by atoms with Gasteiger partial charge in [0.15, 0.2) is 0 Å². The molecular weight excluding hydrogens is 459 g/mol. The van der Waals surface area contributed by atoms with Gasteiger partial charge in [-0.05, 0) is 66.6 Å². The van der Waals surface area contributed by atoms with Crippen molar-refractivity contribution in [2.45, 2.75) is 13.5 Å². The molecule has 0 fully saturated rings. The first-order chi connectivity index (χ1) is 15.9. The standard InChI is InChI=1S/C26H20Cl2N2O3/c1-14-9-23-19(12-24(14)33-2)20(25(28)30(23)13-15-3-5-16(27)6-4-15)11-21-18-10-17(31)7-8-22(18)29-26(21)32/h3-12,31H,13H2,1-2H3,(H,29,32)/b21-11+. The number of carbonyl (C=O) groups is 1. The minimum absolute atomic E-state index is 0.0877. The highest BCUT2D eigenvalue weighted by Gasteiger charge is 2.26. The molecule has 0 aliphatic carbocycles. The Balaban J connectivity index is 1.73. The zero-order valence-electron chi connectivity index (χ0n) is 17.9. The van der Waals surface area contributed by atoms with E-state index in [1.54, 1.807) is 31.4 Å². The predicted octanol–water partition coefficient (Wildman–Crippen LogP) is 6.51. The van der Waals surface area contributed by atoms with E-state index < -0.39 is 0 Å². The van der Waals surface area contributed by atoms with E-state index in [-0.39, 0.29) is 11.7 Å². The zero-order valence-corrected chi connectivity index (χ0v) is 19.5. The summed E-state index contributed by atoms with van der Waals surface area (Å²) >= 11 is 13.0.